The van der Waals surface area contributed by atoms with E-state index in [4.69, 9.17) is 10.2 Å². The highest BCUT2D eigenvalue weighted by Gasteiger charge is 2.19. The SMILES string of the molecule is CCCCn1c(O)c(C=C=Cc2c(O)n(CCCC)c(=O)n(CCC(=O)O)c2=O)c(=O)n(CCC(=O)O)c1=O. The second-order valence-corrected chi connectivity index (χ2v) is 8.71. The molecule has 4 N–H and O–H groups in total. The van der Waals surface area contributed by atoms with Gasteiger partial charge in [-0.25, -0.2) is 9.59 Å². The van der Waals surface area contributed by atoms with Crippen LogP contribution < -0.4 is 22.5 Å². The highest BCUT2D eigenvalue weighted by Crippen LogP contribution is 2.16. The van der Waals surface area contributed by atoms with Crippen LogP contribution in [0.4, 0.5) is 0 Å². The Morgan fingerprint density at radius 2 is 1.03 bits per heavy atom. The number of carboxylic acid groups (broad SMARTS) is 2. The summed E-state index contributed by atoms with van der Waals surface area (Å²) >= 11 is 0. The van der Waals surface area contributed by atoms with E-state index in [0.29, 0.717) is 34.8 Å². The van der Waals surface area contributed by atoms with Gasteiger partial charge in [0.1, 0.15) is 11.1 Å². The fraction of sp³-hybridized carbons (Fsp3) is 0.480. The molecule has 0 aliphatic heterocycles. The average Bonchev–Trinajstić information content (AvgIpc) is 2.87. The molecule has 0 aliphatic carbocycles. The van der Waals surface area contributed by atoms with Crippen LogP contribution in [0.1, 0.15) is 63.5 Å². The van der Waals surface area contributed by atoms with Crippen LogP contribution in [0.25, 0.3) is 12.2 Å². The summed E-state index contributed by atoms with van der Waals surface area (Å²) in [6, 6.07) is 0. The van der Waals surface area contributed by atoms with Crippen molar-refractivity contribution in [2.45, 2.75) is 78.6 Å². The molecule has 0 unspecified atom stereocenters. The van der Waals surface area contributed by atoms with Crippen LogP contribution in [-0.4, -0.2) is 50.6 Å². The molecule has 2 aromatic heterocycles. The number of nitrogens with zero attached hydrogens (tertiary/aromatic N) is 4. The number of aliphatic carboxylic acids is 2. The molecule has 2 heterocycles. The van der Waals surface area contributed by atoms with Crippen molar-refractivity contribution in [2.75, 3.05) is 0 Å². The minimum absolute atomic E-state index is 0.0521. The third-order valence-corrected chi connectivity index (χ3v) is 5.89. The van der Waals surface area contributed by atoms with Gasteiger partial charge in [-0.1, -0.05) is 26.7 Å². The summed E-state index contributed by atoms with van der Waals surface area (Å²) in [5.41, 5.74) is -2.02. The number of unbranched alkanes of at least 4 members (excludes halogenated alkanes) is 2. The lowest BCUT2D eigenvalue weighted by molar-refractivity contribution is -0.138. The number of carbonyl (C=O) groups is 2. The Morgan fingerprint density at radius 3 is 1.33 bits per heavy atom. The van der Waals surface area contributed by atoms with E-state index in [0.717, 1.165) is 21.3 Å². The highest BCUT2D eigenvalue weighted by molar-refractivity contribution is 5.67. The van der Waals surface area contributed by atoms with Crippen molar-refractivity contribution >= 4 is 24.1 Å². The summed E-state index contributed by atoms with van der Waals surface area (Å²) in [4.78, 5) is 73.4. The van der Waals surface area contributed by atoms with E-state index in [9.17, 15) is 39.0 Å². The number of hydrogen-bond donors (Lipinski definition) is 4. The normalized spacial score (nSPS) is 10.7. The molecule has 0 atom stereocenters. The van der Waals surface area contributed by atoms with Gasteiger partial charge in [0, 0.05) is 26.2 Å². The van der Waals surface area contributed by atoms with Crippen LogP contribution in [0, 0.1) is 0 Å². The molecule has 0 saturated heterocycles. The smallest absolute Gasteiger partial charge is 0.333 e. The predicted octanol–water partition coefficient (Wildman–Crippen LogP) is 0.620. The van der Waals surface area contributed by atoms with Crippen LogP contribution in [0.15, 0.2) is 24.9 Å². The van der Waals surface area contributed by atoms with Crippen molar-refractivity contribution in [3.8, 4) is 11.8 Å². The fourth-order valence-electron chi connectivity index (χ4n) is 3.72. The van der Waals surface area contributed by atoms with E-state index in [1.165, 1.54) is 0 Å². The molecular formula is C25H32N4O10. The molecule has 0 bridgehead atoms. The van der Waals surface area contributed by atoms with Gasteiger partial charge in [-0.05, 0) is 25.0 Å². The van der Waals surface area contributed by atoms with Crippen molar-refractivity contribution in [3.05, 3.63) is 58.5 Å². The lowest BCUT2D eigenvalue weighted by atomic mass is 10.2. The molecule has 0 aromatic carbocycles. The summed E-state index contributed by atoms with van der Waals surface area (Å²) in [7, 11) is 0. The first-order valence-corrected chi connectivity index (χ1v) is 12.4. The largest absolute Gasteiger partial charge is 0.494 e. The van der Waals surface area contributed by atoms with E-state index in [1.807, 2.05) is 13.8 Å². The van der Waals surface area contributed by atoms with Crippen LogP contribution in [0.2, 0.25) is 0 Å². The minimum atomic E-state index is -1.24. The zero-order valence-corrected chi connectivity index (χ0v) is 21.8. The first kappa shape index (κ1) is 30.6. The molecule has 0 aliphatic rings. The Bertz CT molecular complexity index is 1420. The summed E-state index contributed by atoms with van der Waals surface area (Å²) in [5, 5.41) is 39.3. The van der Waals surface area contributed by atoms with Gasteiger partial charge < -0.3 is 20.4 Å². The molecule has 39 heavy (non-hydrogen) atoms. The maximum atomic E-state index is 12.9. The Morgan fingerprint density at radius 1 is 0.667 bits per heavy atom. The molecule has 0 amide bonds. The molecular weight excluding hydrogens is 516 g/mol. The third-order valence-electron chi connectivity index (χ3n) is 5.89. The zero-order chi connectivity index (χ0) is 29.3. The zero-order valence-electron chi connectivity index (χ0n) is 21.8. The van der Waals surface area contributed by atoms with Crippen molar-refractivity contribution in [2.24, 2.45) is 0 Å². The molecule has 0 spiro atoms. The van der Waals surface area contributed by atoms with Crippen LogP contribution in [-0.2, 0) is 35.8 Å². The number of rotatable bonds is 14. The van der Waals surface area contributed by atoms with Crippen molar-refractivity contribution < 1.29 is 30.0 Å². The Labute approximate surface area is 221 Å². The number of aromatic hydroxyl groups is 2. The quantitative estimate of drug-likeness (QED) is 0.242. The standard InChI is InChI=1S/C25H32N4O10/c1-3-5-12-26-20(34)16(22(36)28(24(26)38)14-10-18(30)31)8-7-9-17-21(35)27(13-6-4-2)25(39)29(23(17)37)15-11-19(32)33/h8-9,34-35H,3-6,10-15H2,1-2H3,(H,30,31)(H,32,33). The summed E-state index contributed by atoms with van der Waals surface area (Å²) < 4.78 is 3.22. The Balaban J connectivity index is 2.75. The van der Waals surface area contributed by atoms with Gasteiger partial charge in [0.05, 0.1) is 12.8 Å². The van der Waals surface area contributed by atoms with E-state index in [2.05, 4.69) is 5.73 Å². The average molecular weight is 549 g/mol. The van der Waals surface area contributed by atoms with Gasteiger partial charge in [-0.2, -0.15) is 0 Å². The molecule has 0 saturated carbocycles. The van der Waals surface area contributed by atoms with Crippen molar-refractivity contribution in [1.29, 1.82) is 0 Å². The summed E-state index contributed by atoms with van der Waals surface area (Å²) in [5.74, 6) is -3.83. The molecule has 2 rings (SSSR count). The Hall–Kier alpha value is -4.58. The second-order valence-electron chi connectivity index (χ2n) is 8.71. The first-order chi connectivity index (χ1) is 18.5. The van der Waals surface area contributed by atoms with Gasteiger partial charge >= 0.3 is 23.3 Å². The molecule has 212 valence electrons. The van der Waals surface area contributed by atoms with Crippen LogP contribution >= 0.6 is 0 Å². The highest BCUT2D eigenvalue weighted by atomic mass is 16.4. The van der Waals surface area contributed by atoms with Crippen LogP contribution in [0.5, 0.6) is 11.8 Å². The monoisotopic (exact) mass is 548 g/mol. The van der Waals surface area contributed by atoms with Crippen molar-refractivity contribution in [3.63, 3.8) is 0 Å². The van der Waals surface area contributed by atoms with Gasteiger partial charge in [0.2, 0.25) is 11.8 Å². The first-order valence-electron chi connectivity index (χ1n) is 12.4. The maximum Gasteiger partial charge on any atom is 0.333 e. The van der Waals surface area contributed by atoms with Gasteiger partial charge in [0.15, 0.2) is 0 Å². The third kappa shape index (κ3) is 7.26. The number of hydrogen-bond acceptors (Lipinski definition) is 8. The molecule has 0 fully saturated rings. The van der Waals surface area contributed by atoms with E-state index in [-0.39, 0.29) is 13.1 Å². The topological polar surface area (TPSA) is 203 Å². The van der Waals surface area contributed by atoms with Crippen LogP contribution in [0.3, 0.4) is 0 Å². The lowest BCUT2D eigenvalue weighted by Gasteiger charge is -2.14. The Kier molecular flexibility index (Phi) is 10.9. The minimum Gasteiger partial charge on any atom is -0.494 e. The number of aromatic nitrogens is 4. The predicted molar refractivity (Wildman–Crippen MR) is 140 cm³/mol. The number of carboxylic acids is 2. The summed E-state index contributed by atoms with van der Waals surface area (Å²) in [6.45, 7) is 2.92. The van der Waals surface area contributed by atoms with E-state index < -0.39 is 83.3 Å². The van der Waals surface area contributed by atoms with E-state index in [1.54, 1.807) is 0 Å². The lowest BCUT2D eigenvalue weighted by Crippen LogP contribution is -2.41. The fourth-order valence-corrected chi connectivity index (χ4v) is 3.72. The van der Waals surface area contributed by atoms with Gasteiger partial charge in [0.25, 0.3) is 11.1 Å². The maximum absolute atomic E-state index is 12.9. The van der Waals surface area contributed by atoms with Gasteiger partial charge in [-0.15, -0.1) is 5.73 Å². The molecule has 14 nitrogen and oxygen atoms in total. The van der Waals surface area contributed by atoms with Gasteiger partial charge in [-0.3, -0.25) is 37.4 Å². The molecule has 2 aromatic rings. The second kappa shape index (κ2) is 13.8. The van der Waals surface area contributed by atoms with Crippen molar-refractivity contribution in [1.82, 2.24) is 18.3 Å². The summed E-state index contributed by atoms with van der Waals surface area (Å²) in [6.07, 6.45) is 3.18. The van der Waals surface area contributed by atoms with E-state index >= 15 is 0 Å². The molecule has 14 heteroatoms. The molecule has 0 radical (unpaired) electrons.